The number of phenols is 2. The molecule has 2 aliphatic heterocycles. The van der Waals surface area contributed by atoms with E-state index in [0.717, 1.165) is 5.56 Å². The number of carbonyl (C=O) groups is 2. The Bertz CT molecular complexity index is 1130. The summed E-state index contributed by atoms with van der Waals surface area (Å²) in [6, 6.07) is 11.2. The van der Waals surface area contributed by atoms with Gasteiger partial charge in [0.1, 0.15) is 60.5 Å². The van der Waals surface area contributed by atoms with Crippen LogP contribution >= 0.6 is 0 Å². The monoisotopic (exact) mass is 548 g/mol. The highest BCUT2D eigenvalue weighted by molar-refractivity contribution is 5.77. The van der Waals surface area contributed by atoms with Gasteiger partial charge in [0.2, 0.25) is 0 Å². The maximum absolute atomic E-state index is 12.0. The fraction of sp³-hybridized carbons (Fsp3) is 0.481. The molecule has 0 spiro atoms. The van der Waals surface area contributed by atoms with Crippen molar-refractivity contribution in [1.82, 2.24) is 0 Å². The standard InChI is InChI=1S/C27H32O12/c1-34-21(30)9-10-22(31)36-13-20-23(32)24(33)26(27(35-2)38-20)39-25-17-8-7-16(29)12-18(17)37-19(25)11-14-3-5-15(28)6-4-14/h3-8,12,19-20,23-29,32-33H,9-11,13H2,1-2H3/t19-,20+,23-,24-,25+,26+,27+/m0/s1. The van der Waals surface area contributed by atoms with Crippen LogP contribution in [0.1, 0.15) is 30.1 Å². The number of ether oxygens (including phenoxy) is 6. The van der Waals surface area contributed by atoms with Crippen LogP contribution in [-0.4, -0.2) is 90.0 Å². The summed E-state index contributed by atoms with van der Waals surface area (Å²) in [5.41, 5.74) is 1.47. The number of hydrogen-bond acceptors (Lipinski definition) is 12. The highest BCUT2D eigenvalue weighted by atomic mass is 16.7. The molecule has 2 aromatic rings. The number of aromatic hydroxyl groups is 2. The third kappa shape index (κ3) is 6.78. The van der Waals surface area contributed by atoms with E-state index in [2.05, 4.69) is 4.74 Å². The number of aliphatic hydroxyl groups excluding tert-OH is 2. The normalized spacial score (nSPS) is 27.8. The Labute approximate surface area is 224 Å². The molecule has 4 rings (SSSR count). The second-order valence-corrected chi connectivity index (χ2v) is 9.29. The molecule has 0 aliphatic carbocycles. The zero-order chi connectivity index (χ0) is 28.1. The van der Waals surface area contributed by atoms with Gasteiger partial charge in [-0.05, 0) is 29.8 Å². The van der Waals surface area contributed by atoms with Gasteiger partial charge >= 0.3 is 11.9 Å². The number of carbonyl (C=O) groups excluding carboxylic acids is 2. The molecule has 0 bridgehead atoms. The van der Waals surface area contributed by atoms with Gasteiger partial charge in [0.05, 0.1) is 20.0 Å². The number of fused-ring (bicyclic) bond motifs is 1. The second-order valence-electron chi connectivity index (χ2n) is 9.29. The van der Waals surface area contributed by atoms with E-state index in [0.29, 0.717) is 17.7 Å². The fourth-order valence-electron chi connectivity index (χ4n) is 4.56. The van der Waals surface area contributed by atoms with Gasteiger partial charge in [0, 0.05) is 25.2 Å². The molecule has 12 heteroatoms. The Morgan fingerprint density at radius 1 is 0.897 bits per heavy atom. The first-order valence-corrected chi connectivity index (χ1v) is 12.4. The van der Waals surface area contributed by atoms with Crippen molar-refractivity contribution in [3.8, 4) is 17.2 Å². The third-order valence-corrected chi connectivity index (χ3v) is 6.64. The van der Waals surface area contributed by atoms with E-state index < -0.39 is 54.9 Å². The van der Waals surface area contributed by atoms with E-state index >= 15 is 0 Å². The Balaban J connectivity index is 1.46. The lowest BCUT2D eigenvalue weighted by Gasteiger charge is -2.42. The number of rotatable bonds is 10. The topological polar surface area (TPSA) is 170 Å². The van der Waals surface area contributed by atoms with Gasteiger partial charge in [-0.25, -0.2) is 0 Å². The molecule has 39 heavy (non-hydrogen) atoms. The summed E-state index contributed by atoms with van der Waals surface area (Å²) in [4.78, 5) is 23.2. The van der Waals surface area contributed by atoms with Crippen molar-refractivity contribution >= 4 is 11.9 Å². The summed E-state index contributed by atoms with van der Waals surface area (Å²) in [6.45, 7) is -0.386. The zero-order valence-corrected chi connectivity index (χ0v) is 21.5. The Morgan fingerprint density at radius 3 is 2.28 bits per heavy atom. The van der Waals surface area contributed by atoms with E-state index in [1.807, 2.05) is 0 Å². The van der Waals surface area contributed by atoms with Crippen molar-refractivity contribution in [3.05, 3.63) is 53.6 Å². The van der Waals surface area contributed by atoms with Gasteiger partial charge in [-0.15, -0.1) is 0 Å². The SMILES string of the molecule is COC(=O)CCC(=O)OC[C@H]1O[C@@H](OC)[C@H](O[C@@H]2c3ccc(O)cc3O[C@H]2Cc2ccc(O)cc2)[C@@H](O)[C@H]1O. The molecule has 2 aromatic carbocycles. The molecule has 1 fully saturated rings. The maximum atomic E-state index is 12.0. The van der Waals surface area contributed by atoms with Gasteiger partial charge in [0.25, 0.3) is 0 Å². The molecule has 4 N–H and O–H groups in total. The minimum absolute atomic E-state index is 0.00739. The number of benzene rings is 2. The predicted molar refractivity (Wildman–Crippen MR) is 132 cm³/mol. The molecule has 12 nitrogen and oxygen atoms in total. The Kier molecular flexibility index (Phi) is 9.25. The number of methoxy groups -OCH3 is 2. The summed E-state index contributed by atoms with van der Waals surface area (Å²) in [5, 5.41) is 41.3. The van der Waals surface area contributed by atoms with Gasteiger partial charge in [-0.2, -0.15) is 0 Å². The number of esters is 2. The highest BCUT2D eigenvalue weighted by Gasteiger charge is 2.49. The largest absolute Gasteiger partial charge is 0.508 e. The summed E-state index contributed by atoms with van der Waals surface area (Å²) in [7, 11) is 2.55. The van der Waals surface area contributed by atoms with Crippen molar-refractivity contribution in [3.63, 3.8) is 0 Å². The van der Waals surface area contributed by atoms with Crippen LogP contribution < -0.4 is 4.74 Å². The van der Waals surface area contributed by atoms with Gasteiger partial charge < -0.3 is 48.8 Å². The molecular formula is C27H32O12. The molecule has 7 atom stereocenters. The van der Waals surface area contributed by atoms with E-state index in [1.54, 1.807) is 30.3 Å². The number of aliphatic hydroxyl groups is 2. The van der Waals surface area contributed by atoms with E-state index in [-0.39, 0.29) is 30.9 Å². The molecule has 1 saturated heterocycles. The van der Waals surface area contributed by atoms with Crippen LogP contribution in [0.4, 0.5) is 0 Å². The van der Waals surface area contributed by atoms with Crippen LogP contribution in [0.2, 0.25) is 0 Å². The third-order valence-electron chi connectivity index (χ3n) is 6.64. The van der Waals surface area contributed by atoms with Crippen LogP contribution in [-0.2, 0) is 39.7 Å². The van der Waals surface area contributed by atoms with Crippen LogP contribution in [0.3, 0.4) is 0 Å². The van der Waals surface area contributed by atoms with E-state index in [1.165, 1.54) is 26.4 Å². The molecule has 2 aliphatic rings. The molecule has 212 valence electrons. The first-order chi connectivity index (χ1) is 18.7. The van der Waals surface area contributed by atoms with Crippen LogP contribution in [0, 0.1) is 0 Å². The summed E-state index contributed by atoms with van der Waals surface area (Å²) >= 11 is 0. The zero-order valence-electron chi connectivity index (χ0n) is 21.5. The summed E-state index contributed by atoms with van der Waals surface area (Å²) in [5.74, 6) is -0.727. The van der Waals surface area contributed by atoms with Crippen LogP contribution in [0.15, 0.2) is 42.5 Å². The quantitative estimate of drug-likeness (QED) is 0.313. The minimum atomic E-state index is -1.49. The molecule has 0 unspecified atom stereocenters. The van der Waals surface area contributed by atoms with Crippen molar-refractivity contribution < 1.29 is 58.4 Å². The lowest BCUT2D eigenvalue weighted by Crippen LogP contribution is -2.60. The van der Waals surface area contributed by atoms with Gasteiger partial charge in [-0.1, -0.05) is 12.1 Å². The predicted octanol–water partition coefficient (Wildman–Crippen LogP) is 1.12. The smallest absolute Gasteiger partial charge is 0.306 e. The lowest BCUT2D eigenvalue weighted by atomic mass is 9.96. The van der Waals surface area contributed by atoms with Crippen molar-refractivity contribution in [2.24, 2.45) is 0 Å². The van der Waals surface area contributed by atoms with E-state index in [4.69, 9.17) is 23.7 Å². The van der Waals surface area contributed by atoms with Crippen molar-refractivity contribution in [2.45, 2.75) is 62.2 Å². The van der Waals surface area contributed by atoms with E-state index in [9.17, 15) is 30.0 Å². The number of phenolic OH excluding ortho intramolecular Hbond substituents is 2. The second kappa shape index (κ2) is 12.6. The first-order valence-electron chi connectivity index (χ1n) is 12.4. The Morgan fingerprint density at radius 2 is 1.59 bits per heavy atom. The molecule has 0 radical (unpaired) electrons. The number of hydrogen-bond donors (Lipinski definition) is 4. The summed E-state index contributed by atoms with van der Waals surface area (Å²) < 4.78 is 33.1. The fourth-order valence-corrected chi connectivity index (χ4v) is 4.56. The van der Waals surface area contributed by atoms with Crippen LogP contribution in [0.5, 0.6) is 17.2 Å². The average molecular weight is 549 g/mol. The van der Waals surface area contributed by atoms with Crippen molar-refractivity contribution in [1.29, 1.82) is 0 Å². The molecule has 0 amide bonds. The van der Waals surface area contributed by atoms with Crippen molar-refractivity contribution in [2.75, 3.05) is 20.8 Å². The van der Waals surface area contributed by atoms with Gasteiger partial charge in [-0.3, -0.25) is 9.59 Å². The van der Waals surface area contributed by atoms with Gasteiger partial charge in [0.15, 0.2) is 6.29 Å². The minimum Gasteiger partial charge on any atom is -0.508 e. The molecule has 0 saturated carbocycles. The molecular weight excluding hydrogens is 516 g/mol. The summed E-state index contributed by atoms with van der Waals surface area (Å²) in [6.07, 6.45) is -7.73. The first kappa shape index (κ1) is 28.6. The molecule has 0 aromatic heterocycles. The molecule has 2 heterocycles. The Hall–Kier alpha value is -3.42. The lowest BCUT2D eigenvalue weighted by molar-refractivity contribution is -0.313. The van der Waals surface area contributed by atoms with Crippen LogP contribution in [0.25, 0.3) is 0 Å². The highest BCUT2D eigenvalue weighted by Crippen LogP contribution is 2.44. The average Bonchev–Trinajstić information content (AvgIpc) is 3.26. The maximum Gasteiger partial charge on any atom is 0.306 e.